The van der Waals surface area contributed by atoms with Gasteiger partial charge in [-0.05, 0) is 53.6 Å². The van der Waals surface area contributed by atoms with Gasteiger partial charge in [0.2, 0.25) is 0 Å². The molecular formula is C23H15BrF3NO2. The lowest BCUT2D eigenvalue weighted by Gasteiger charge is -2.08. The number of anilines is 1. The van der Waals surface area contributed by atoms with Gasteiger partial charge < -0.3 is 10.1 Å². The molecule has 0 saturated carbocycles. The van der Waals surface area contributed by atoms with E-state index in [1.54, 1.807) is 30.3 Å². The van der Waals surface area contributed by atoms with Gasteiger partial charge in [-0.2, -0.15) is 13.2 Å². The third-order valence-corrected chi connectivity index (χ3v) is 5.17. The third-order valence-electron chi connectivity index (χ3n) is 4.64. The van der Waals surface area contributed by atoms with E-state index < -0.39 is 17.6 Å². The van der Waals surface area contributed by atoms with E-state index >= 15 is 0 Å². The SMILES string of the molecule is O=C1Nc2cc(C(F)(F)F)ccc2/C1=C\c1ccc(OCc2ccc(Br)cc2)cc1. The van der Waals surface area contributed by atoms with Gasteiger partial charge in [0, 0.05) is 21.3 Å². The highest BCUT2D eigenvalue weighted by Gasteiger charge is 2.33. The Morgan fingerprint density at radius 2 is 1.67 bits per heavy atom. The lowest BCUT2D eigenvalue weighted by atomic mass is 10.0. The van der Waals surface area contributed by atoms with Crippen LogP contribution in [-0.4, -0.2) is 5.91 Å². The molecule has 3 aromatic rings. The van der Waals surface area contributed by atoms with Crippen LogP contribution in [0.5, 0.6) is 5.75 Å². The van der Waals surface area contributed by atoms with E-state index in [-0.39, 0.29) is 5.69 Å². The van der Waals surface area contributed by atoms with E-state index in [2.05, 4.69) is 21.2 Å². The van der Waals surface area contributed by atoms with Gasteiger partial charge in [-0.25, -0.2) is 0 Å². The Hall–Kier alpha value is -3.06. The summed E-state index contributed by atoms with van der Waals surface area (Å²) < 4.78 is 45.4. The monoisotopic (exact) mass is 473 g/mol. The number of benzene rings is 3. The molecule has 0 aliphatic carbocycles. The number of carbonyl (C=O) groups excluding carboxylic acids is 1. The maximum Gasteiger partial charge on any atom is 0.416 e. The topological polar surface area (TPSA) is 38.3 Å². The molecule has 0 atom stereocenters. The molecule has 0 radical (unpaired) electrons. The van der Waals surface area contributed by atoms with Crippen LogP contribution in [0, 0.1) is 0 Å². The van der Waals surface area contributed by atoms with Crippen molar-refractivity contribution in [2.45, 2.75) is 12.8 Å². The Balaban J connectivity index is 1.50. The standard InChI is InChI=1S/C23H15BrF3NO2/c24-17-6-1-15(2-7-17)13-30-18-8-3-14(4-9-18)11-20-19-10-5-16(23(25,26)27)12-21(19)28-22(20)29/h1-12H,13H2,(H,28,29)/b20-11+. The van der Waals surface area contributed by atoms with Crippen LogP contribution in [-0.2, 0) is 17.6 Å². The molecule has 1 aliphatic heterocycles. The number of alkyl halides is 3. The average molecular weight is 474 g/mol. The Morgan fingerprint density at radius 1 is 0.967 bits per heavy atom. The fourth-order valence-corrected chi connectivity index (χ4v) is 3.35. The predicted octanol–water partition coefficient (Wildman–Crippen LogP) is 6.54. The number of ether oxygens (including phenoxy) is 1. The minimum atomic E-state index is -4.46. The van der Waals surface area contributed by atoms with Gasteiger partial charge in [-0.15, -0.1) is 0 Å². The molecule has 0 aromatic heterocycles. The molecule has 1 N–H and O–H groups in total. The highest BCUT2D eigenvalue weighted by molar-refractivity contribution is 9.10. The van der Waals surface area contributed by atoms with Gasteiger partial charge in [-0.1, -0.05) is 46.3 Å². The highest BCUT2D eigenvalue weighted by atomic mass is 79.9. The minimum Gasteiger partial charge on any atom is -0.489 e. The van der Waals surface area contributed by atoms with E-state index in [4.69, 9.17) is 4.74 Å². The van der Waals surface area contributed by atoms with Gasteiger partial charge >= 0.3 is 6.18 Å². The summed E-state index contributed by atoms with van der Waals surface area (Å²) >= 11 is 3.39. The summed E-state index contributed by atoms with van der Waals surface area (Å²) in [6.07, 6.45) is -2.81. The molecule has 30 heavy (non-hydrogen) atoms. The number of halogens is 4. The second kappa shape index (κ2) is 7.99. The smallest absolute Gasteiger partial charge is 0.416 e. The van der Waals surface area contributed by atoms with Crippen LogP contribution >= 0.6 is 15.9 Å². The zero-order valence-corrected chi connectivity index (χ0v) is 17.0. The molecule has 7 heteroatoms. The van der Waals surface area contributed by atoms with Crippen LogP contribution in [0.25, 0.3) is 11.6 Å². The Kier molecular flexibility index (Phi) is 5.39. The number of rotatable bonds is 4. The van der Waals surface area contributed by atoms with Gasteiger partial charge in [-0.3, -0.25) is 4.79 Å². The summed E-state index contributed by atoms with van der Waals surface area (Å²) in [6.45, 7) is 0.422. The van der Waals surface area contributed by atoms with Crippen LogP contribution in [0.2, 0.25) is 0 Å². The highest BCUT2D eigenvalue weighted by Crippen LogP contribution is 2.38. The van der Waals surface area contributed by atoms with Crippen LogP contribution in [0.1, 0.15) is 22.3 Å². The van der Waals surface area contributed by atoms with Crippen molar-refractivity contribution in [3.63, 3.8) is 0 Å². The number of carbonyl (C=O) groups is 1. The lowest BCUT2D eigenvalue weighted by molar-refractivity contribution is -0.137. The largest absolute Gasteiger partial charge is 0.489 e. The van der Waals surface area contributed by atoms with E-state index in [0.29, 0.717) is 23.5 Å². The quantitative estimate of drug-likeness (QED) is 0.436. The molecule has 3 nitrogen and oxygen atoms in total. The zero-order chi connectivity index (χ0) is 21.3. The first-order valence-electron chi connectivity index (χ1n) is 9.01. The molecule has 1 amide bonds. The summed E-state index contributed by atoms with van der Waals surface area (Å²) in [5.41, 5.74) is 1.90. The van der Waals surface area contributed by atoms with Crippen LogP contribution in [0.15, 0.2) is 71.2 Å². The van der Waals surface area contributed by atoms with Crippen molar-refractivity contribution < 1.29 is 22.7 Å². The Bertz CT molecular complexity index is 1120. The molecule has 0 bridgehead atoms. The first kappa shape index (κ1) is 20.2. The van der Waals surface area contributed by atoms with Gasteiger partial charge in [0.1, 0.15) is 12.4 Å². The van der Waals surface area contributed by atoms with Crippen molar-refractivity contribution in [1.82, 2.24) is 0 Å². The number of nitrogens with one attached hydrogen (secondary N) is 1. The first-order valence-corrected chi connectivity index (χ1v) is 9.81. The first-order chi connectivity index (χ1) is 14.3. The Labute approximate surface area is 179 Å². The summed E-state index contributed by atoms with van der Waals surface area (Å²) in [5.74, 6) is 0.242. The molecule has 152 valence electrons. The van der Waals surface area contributed by atoms with Crippen molar-refractivity contribution in [1.29, 1.82) is 0 Å². The molecule has 3 aromatic carbocycles. The molecule has 1 heterocycles. The Morgan fingerprint density at radius 3 is 2.33 bits per heavy atom. The van der Waals surface area contributed by atoms with Gasteiger partial charge in [0.05, 0.1) is 5.56 Å². The van der Waals surface area contributed by atoms with E-state index in [0.717, 1.165) is 27.7 Å². The lowest BCUT2D eigenvalue weighted by Crippen LogP contribution is -2.06. The number of hydrogen-bond acceptors (Lipinski definition) is 2. The molecule has 0 unspecified atom stereocenters. The fourth-order valence-electron chi connectivity index (χ4n) is 3.09. The second-order valence-corrected chi connectivity index (χ2v) is 7.67. The predicted molar refractivity (Wildman–Crippen MR) is 113 cm³/mol. The average Bonchev–Trinajstić information content (AvgIpc) is 3.02. The third kappa shape index (κ3) is 4.41. The van der Waals surface area contributed by atoms with Crippen LogP contribution in [0.3, 0.4) is 0 Å². The number of amides is 1. The summed E-state index contributed by atoms with van der Waals surface area (Å²) in [5, 5.41) is 2.50. The summed E-state index contributed by atoms with van der Waals surface area (Å²) in [6, 6.07) is 18.2. The minimum absolute atomic E-state index is 0.163. The van der Waals surface area contributed by atoms with E-state index in [9.17, 15) is 18.0 Å². The van der Waals surface area contributed by atoms with Gasteiger partial charge in [0.25, 0.3) is 5.91 Å². The van der Waals surface area contributed by atoms with Gasteiger partial charge in [0.15, 0.2) is 0 Å². The van der Waals surface area contributed by atoms with Crippen molar-refractivity contribution in [2.24, 2.45) is 0 Å². The van der Waals surface area contributed by atoms with Crippen LogP contribution < -0.4 is 10.1 Å². The molecule has 0 spiro atoms. The maximum absolute atomic E-state index is 12.9. The summed E-state index contributed by atoms with van der Waals surface area (Å²) in [4.78, 5) is 12.3. The van der Waals surface area contributed by atoms with Crippen molar-refractivity contribution in [3.8, 4) is 5.75 Å². The van der Waals surface area contributed by atoms with Crippen molar-refractivity contribution in [2.75, 3.05) is 5.32 Å². The molecular weight excluding hydrogens is 459 g/mol. The second-order valence-electron chi connectivity index (χ2n) is 6.75. The number of hydrogen-bond donors (Lipinski definition) is 1. The summed E-state index contributed by atoms with van der Waals surface area (Å²) in [7, 11) is 0. The fraction of sp³-hybridized carbons (Fsp3) is 0.0870. The van der Waals surface area contributed by atoms with E-state index in [1.807, 2.05) is 24.3 Å². The van der Waals surface area contributed by atoms with E-state index in [1.165, 1.54) is 6.07 Å². The van der Waals surface area contributed by atoms with Crippen molar-refractivity contribution >= 4 is 39.2 Å². The molecule has 1 aliphatic rings. The normalized spacial score (nSPS) is 14.5. The zero-order valence-electron chi connectivity index (χ0n) is 15.5. The molecule has 4 rings (SSSR count). The molecule has 0 saturated heterocycles. The number of fused-ring (bicyclic) bond motifs is 1. The van der Waals surface area contributed by atoms with Crippen molar-refractivity contribution in [3.05, 3.63) is 93.5 Å². The van der Waals surface area contributed by atoms with Crippen LogP contribution in [0.4, 0.5) is 18.9 Å². The maximum atomic E-state index is 12.9. The molecule has 0 fully saturated rings.